The van der Waals surface area contributed by atoms with Crippen LogP contribution in [0, 0.1) is 0 Å². The summed E-state index contributed by atoms with van der Waals surface area (Å²) in [5, 5.41) is 0. The third-order valence-electron chi connectivity index (χ3n) is 3.34. The minimum absolute atomic E-state index is 0.305. The van der Waals surface area contributed by atoms with Crippen LogP contribution in [-0.4, -0.2) is 18.2 Å². The first-order valence-corrected chi connectivity index (χ1v) is 5.23. The highest BCUT2D eigenvalue weighted by molar-refractivity contribution is 4.92. The first-order valence-electron chi connectivity index (χ1n) is 5.23. The normalized spacial score (nSPS) is 33.2. The highest BCUT2D eigenvalue weighted by Gasteiger charge is 2.41. The van der Waals surface area contributed by atoms with Crippen molar-refractivity contribution in [3.8, 4) is 0 Å². The van der Waals surface area contributed by atoms with Crippen molar-refractivity contribution in [1.29, 1.82) is 0 Å². The molecule has 1 spiro atoms. The smallest absolute Gasteiger partial charge is 0.0687 e. The Morgan fingerprint density at radius 3 is 2.67 bits per heavy atom. The Morgan fingerprint density at radius 2 is 2.00 bits per heavy atom. The summed E-state index contributed by atoms with van der Waals surface area (Å²) in [6, 6.07) is 0. The Bertz CT molecular complexity index is 152. The molecule has 0 amide bonds. The standard InChI is InChI=1S/C10H19NO/c11-8-4-9-3-7-10(12-9)5-1-2-6-10/h9H,1-8,11H2. The van der Waals surface area contributed by atoms with E-state index < -0.39 is 0 Å². The topological polar surface area (TPSA) is 35.2 Å². The van der Waals surface area contributed by atoms with Crippen LogP contribution in [0.4, 0.5) is 0 Å². The highest BCUT2D eigenvalue weighted by Crippen LogP contribution is 2.43. The molecule has 1 unspecified atom stereocenters. The molecule has 2 rings (SSSR count). The predicted molar refractivity (Wildman–Crippen MR) is 49.0 cm³/mol. The van der Waals surface area contributed by atoms with E-state index in [9.17, 15) is 0 Å². The Balaban J connectivity index is 1.88. The van der Waals surface area contributed by atoms with Crippen LogP contribution in [0.2, 0.25) is 0 Å². The van der Waals surface area contributed by atoms with Crippen molar-refractivity contribution in [1.82, 2.24) is 0 Å². The van der Waals surface area contributed by atoms with Crippen LogP contribution in [0.1, 0.15) is 44.9 Å². The quantitative estimate of drug-likeness (QED) is 0.684. The minimum Gasteiger partial charge on any atom is -0.372 e. The van der Waals surface area contributed by atoms with E-state index in [1.165, 1.54) is 38.5 Å². The van der Waals surface area contributed by atoms with Gasteiger partial charge >= 0.3 is 0 Å². The maximum absolute atomic E-state index is 6.07. The molecule has 2 nitrogen and oxygen atoms in total. The third-order valence-corrected chi connectivity index (χ3v) is 3.34. The summed E-state index contributed by atoms with van der Waals surface area (Å²) in [4.78, 5) is 0. The molecule has 1 atom stereocenters. The zero-order valence-electron chi connectivity index (χ0n) is 7.72. The number of hydrogen-bond donors (Lipinski definition) is 1. The second-order valence-corrected chi connectivity index (χ2v) is 4.25. The summed E-state index contributed by atoms with van der Waals surface area (Å²) in [7, 11) is 0. The average Bonchev–Trinajstić information content (AvgIpc) is 2.65. The van der Waals surface area contributed by atoms with E-state index in [0.29, 0.717) is 11.7 Å². The van der Waals surface area contributed by atoms with E-state index in [1.54, 1.807) is 0 Å². The minimum atomic E-state index is 0.305. The van der Waals surface area contributed by atoms with Gasteiger partial charge in [-0.3, -0.25) is 0 Å². The first-order chi connectivity index (χ1) is 5.85. The lowest BCUT2D eigenvalue weighted by Crippen LogP contribution is -2.25. The van der Waals surface area contributed by atoms with Crippen molar-refractivity contribution in [3.63, 3.8) is 0 Å². The monoisotopic (exact) mass is 169 g/mol. The van der Waals surface area contributed by atoms with Crippen LogP contribution >= 0.6 is 0 Å². The summed E-state index contributed by atoms with van der Waals surface area (Å²) in [5.41, 5.74) is 5.82. The Morgan fingerprint density at radius 1 is 1.25 bits per heavy atom. The third kappa shape index (κ3) is 1.50. The molecule has 12 heavy (non-hydrogen) atoms. The van der Waals surface area contributed by atoms with Crippen LogP contribution in [0.3, 0.4) is 0 Å². The molecule has 2 N–H and O–H groups in total. The molecule has 1 aliphatic heterocycles. The summed E-state index contributed by atoms with van der Waals surface area (Å²) >= 11 is 0. The van der Waals surface area contributed by atoms with Gasteiger partial charge < -0.3 is 10.5 Å². The number of hydrogen-bond acceptors (Lipinski definition) is 2. The van der Waals surface area contributed by atoms with Gasteiger partial charge in [-0.1, -0.05) is 12.8 Å². The second kappa shape index (κ2) is 3.35. The predicted octanol–water partition coefficient (Wildman–Crippen LogP) is 1.83. The fraction of sp³-hybridized carbons (Fsp3) is 1.00. The summed E-state index contributed by atoms with van der Waals surface area (Å²) < 4.78 is 6.07. The Labute approximate surface area is 74.5 Å². The highest BCUT2D eigenvalue weighted by atomic mass is 16.5. The van der Waals surface area contributed by atoms with Gasteiger partial charge in [-0.05, 0) is 38.6 Å². The van der Waals surface area contributed by atoms with E-state index in [4.69, 9.17) is 10.5 Å². The molecule has 1 saturated heterocycles. The largest absolute Gasteiger partial charge is 0.372 e. The molecule has 1 heterocycles. The van der Waals surface area contributed by atoms with E-state index >= 15 is 0 Å². The fourth-order valence-electron chi connectivity index (χ4n) is 2.67. The van der Waals surface area contributed by atoms with Gasteiger partial charge in [0.15, 0.2) is 0 Å². The molecule has 2 fully saturated rings. The molecule has 0 aromatic heterocycles. The lowest BCUT2D eigenvalue weighted by molar-refractivity contribution is -0.0378. The molecular weight excluding hydrogens is 150 g/mol. The van der Waals surface area contributed by atoms with E-state index in [-0.39, 0.29) is 0 Å². The SMILES string of the molecule is NCCC1CCC2(CCCC2)O1. The van der Waals surface area contributed by atoms with Crippen LogP contribution in [0.25, 0.3) is 0 Å². The van der Waals surface area contributed by atoms with Gasteiger partial charge in [-0.25, -0.2) is 0 Å². The first kappa shape index (κ1) is 8.52. The second-order valence-electron chi connectivity index (χ2n) is 4.25. The van der Waals surface area contributed by atoms with E-state index in [1.807, 2.05) is 0 Å². The molecule has 1 aliphatic carbocycles. The zero-order valence-corrected chi connectivity index (χ0v) is 7.72. The van der Waals surface area contributed by atoms with Gasteiger partial charge in [0.1, 0.15) is 0 Å². The van der Waals surface area contributed by atoms with Gasteiger partial charge in [0, 0.05) is 0 Å². The zero-order chi connectivity index (χ0) is 8.44. The van der Waals surface area contributed by atoms with Gasteiger partial charge in [0.2, 0.25) is 0 Å². The molecular formula is C10H19NO. The number of nitrogens with two attached hydrogens (primary N) is 1. The van der Waals surface area contributed by atoms with Gasteiger partial charge in [0.05, 0.1) is 11.7 Å². The van der Waals surface area contributed by atoms with Crippen molar-refractivity contribution in [2.45, 2.75) is 56.7 Å². The molecule has 2 heteroatoms. The number of ether oxygens (including phenoxy) is 1. The van der Waals surface area contributed by atoms with Gasteiger partial charge in [-0.2, -0.15) is 0 Å². The number of rotatable bonds is 2. The van der Waals surface area contributed by atoms with Crippen LogP contribution in [-0.2, 0) is 4.74 Å². The molecule has 1 saturated carbocycles. The fourth-order valence-corrected chi connectivity index (χ4v) is 2.67. The molecule has 0 aromatic rings. The molecule has 0 radical (unpaired) electrons. The van der Waals surface area contributed by atoms with Gasteiger partial charge in [0.25, 0.3) is 0 Å². The van der Waals surface area contributed by atoms with E-state index in [0.717, 1.165) is 13.0 Å². The molecule has 70 valence electrons. The van der Waals surface area contributed by atoms with E-state index in [2.05, 4.69) is 0 Å². The van der Waals surface area contributed by atoms with Crippen LogP contribution in [0.5, 0.6) is 0 Å². The Hall–Kier alpha value is -0.0800. The average molecular weight is 169 g/mol. The van der Waals surface area contributed by atoms with Crippen molar-refractivity contribution in [2.24, 2.45) is 5.73 Å². The molecule has 2 aliphatic rings. The summed E-state index contributed by atoms with van der Waals surface area (Å²) in [6.07, 6.45) is 9.41. The maximum atomic E-state index is 6.07. The van der Waals surface area contributed by atoms with Crippen LogP contribution in [0.15, 0.2) is 0 Å². The van der Waals surface area contributed by atoms with Crippen molar-refractivity contribution < 1.29 is 4.74 Å². The maximum Gasteiger partial charge on any atom is 0.0687 e. The van der Waals surface area contributed by atoms with Crippen LogP contribution < -0.4 is 5.73 Å². The molecule has 0 bridgehead atoms. The summed E-state index contributed by atoms with van der Waals surface area (Å²) in [6.45, 7) is 0.779. The summed E-state index contributed by atoms with van der Waals surface area (Å²) in [5.74, 6) is 0. The van der Waals surface area contributed by atoms with Gasteiger partial charge in [-0.15, -0.1) is 0 Å². The lowest BCUT2D eigenvalue weighted by Gasteiger charge is -2.23. The Kier molecular flexibility index (Phi) is 2.37. The molecule has 0 aromatic carbocycles. The van der Waals surface area contributed by atoms with Crippen molar-refractivity contribution >= 4 is 0 Å². The van der Waals surface area contributed by atoms with Crippen molar-refractivity contribution in [3.05, 3.63) is 0 Å². The van der Waals surface area contributed by atoms with Crippen molar-refractivity contribution in [2.75, 3.05) is 6.54 Å². The lowest BCUT2D eigenvalue weighted by atomic mass is 9.98.